The summed E-state index contributed by atoms with van der Waals surface area (Å²) in [5.74, 6) is 0.320. The summed E-state index contributed by atoms with van der Waals surface area (Å²) in [7, 11) is 0. The van der Waals surface area contributed by atoms with Crippen LogP contribution in [0.25, 0.3) is 0 Å². The van der Waals surface area contributed by atoms with Gasteiger partial charge in [0.2, 0.25) is 5.91 Å². The number of carbonyl (C=O) groups is 2. The summed E-state index contributed by atoms with van der Waals surface area (Å²) < 4.78 is 5.24. The van der Waals surface area contributed by atoms with Crippen LogP contribution in [0.15, 0.2) is 82.8 Å². The average Bonchev–Trinajstić information content (AvgIpc) is 3.53. The molecule has 8 heteroatoms. The van der Waals surface area contributed by atoms with E-state index in [1.165, 1.54) is 11.3 Å². The number of amides is 2. The highest BCUT2D eigenvalue weighted by Gasteiger charge is 2.20. The number of anilines is 2. The number of carbonyl (C=O) groups excluding carboxylic acids is 2. The molecule has 2 heterocycles. The molecule has 2 amide bonds. The minimum absolute atomic E-state index is 0.151. The SMILES string of the molecule is Cc1cccc(Nc2nc(C(=O)N(CCC(=O)NCc3ccco3)Cc3ccccc3)cs2)c1. The first kappa shape index (κ1) is 23.3. The van der Waals surface area contributed by atoms with Crippen LogP contribution < -0.4 is 10.6 Å². The zero-order chi connectivity index (χ0) is 23.8. The van der Waals surface area contributed by atoms with Gasteiger partial charge in [-0.15, -0.1) is 11.3 Å². The van der Waals surface area contributed by atoms with Gasteiger partial charge in [-0.05, 0) is 42.3 Å². The van der Waals surface area contributed by atoms with Gasteiger partial charge in [0, 0.05) is 30.6 Å². The van der Waals surface area contributed by atoms with E-state index in [9.17, 15) is 9.59 Å². The van der Waals surface area contributed by atoms with Crippen LogP contribution in [0.2, 0.25) is 0 Å². The van der Waals surface area contributed by atoms with Crippen LogP contribution in [0.3, 0.4) is 0 Å². The van der Waals surface area contributed by atoms with E-state index < -0.39 is 0 Å². The Kier molecular flexibility index (Phi) is 7.72. The van der Waals surface area contributed by atoms with E-state index >= 15 is 0 Å². The molecule has 174 valence electrons. The maximum Gasteiger partial charge on any atom is 0.273 e. The minimum atomic E-state index is -0.212. The highest BCUT2D eigenvalue weighted by atomic mass is 32.1. The van der Waals surface area contributed by atoms with Gasteiger partial charge >= 0.3 is 0 Å². The van der Waals surface area contributed by atoms with Crippen molar-refractivity contribution in [2.45, 2.75) is 26.4 Å². The van der Waals surface area contributed by atoms with E-state index in [1.807, 2.05) is 61.5 Å². The molecule has 0 saturated carbocycles. The fraction of sp³-hybridized carbons (Fsp3) is 0.192. The van der Waals surface area contributed by atoms with Gasteiger partial charge in [0.25, 0.3) is 5.91 Å². The molecule has 4 rings (SSSR count). The van der Waals surface area contributed by atoms with E-state index in [0.717, 1.165) is 16.8 Å². The molecule has 2 aromatic heterocycles. The lowest BCUT2D eigenvalue weighted by Gasteiger charge is -2.22. The van der Waals surface area contributed by atoms with Crippen molar-refractivity contribution in [3.63, 3.8) is 0 Å². The van der Waals surface area contributed by atoms with Crippen LogP contribution in [0.5, 0.6) is 0 Å². The van der Waals surface area contributed by atoms with E-state index in [1.54, 1.807) is 28.7 Å². The quantitative estimate of drug-likeness (QED) is 0.332. The number of nitrogens with one attached hydrogen (secondary N) is 2. The number of hydrogen-bond acceptors (Lipinski definition) is 6. The summed E-state index contributed by atoms with van der Waals surface area (Å²) in [6, 6.07) is 21.3. The van der Waals surface area contributed by atoms with E-state index in [4.69, 9.17) is 4.42 Å². The second-order valence-electron chi connectivity index (χ2n) is 7.85. The number of thiazole rings is 1. The van der Waals surface area contributed by atoms with Gasteiger partial charge in [0.05, 0.1) is 12.8 Å². The first-order valence-corrected chi connectivity index (χ1v) is 11.9. The average molecular weight is 475 g/mol. The van der Waals surface area contributed by atoms with Crippen LogP contribution in [0, 0.1) is 6.92 Å². The Balaban J connectivity index is 1.42. The van der Waals surface area contributed by atoms with Crippen LogP contribution in [0.1, 0.15) is 33.8 Å². The lowest BCUT2D eigenvalue weighted by atomic mass is 10.2. The number of benzene rings is 2. The highest BCUT2D eigenvalue weighted by molar-refractivity contribution is 7.14. The smallest absolute Gasteiger partial charge is 0.273 e. The topological polar surface area (TPSA) is 87.5 Å². The molecule has 0 bridgehead atoms. The van der Waals surface area contributed by atoms with E-state index in [2.05, 4.69) is 15.6 Å². The Morgan fingerprint density at radius 1 is 1.06 bits per heavy atom. The molecule has 4 aromatic rings. The third kappa shape index (κ3) is 6.55. The number of rotatable bonds is 10. The maximum atomic E-state index is 13.3. The number of aryl methyl sites for hydroxylation is 1. The molecule has 2 N–H and O–H groups in total. The molecule has 0 atom stereocenters. The first-order chi connectivity index (χ1) is 16.6. The number of nitrogens with zero attached hydrogens (tertiary/aromatic N) is 2. The van der Waals surface area contributed by atoms with Crippen LogP contribution in [0.4, 0.5) is 10.8 Å². The standard InChI is InChI=1S/C26H26N4O3S/c1-19-7-5-10-21(15-19)28-26-29-23(18-34-26)25(32)30(17-20-8-3-2-4-9-20)13-12-24(31)27-16-22-11-6-14-33-22/h2-11,14-15,18H,12-13,16-17H2,1H3,(H,27,31)(H,28,29). The Morgan fingerprint density at radius 3 is 2.68 bits per heavy atom. The number of aromatic nitrogens is 1. The minimum Gasteiger partial charge on any atom is -0.467 e. The number of hydrogen-bond donors (Lipinski definition) is 2. The lowest BCUT2D eigenvalue weighted by Crippen LogP contribution is -2.35. The molecular formula is C26H26N4O3S. The van der Waals surface area contributed by atoms with Crippen molar-refractivity contribution >= 4 is 34.0 Å². The van der Waals surface area contributed by atoms with Crippen LogP contribution >= 0.6 is 11.3 Å². The lowest BCUT2D eigenvalue weighted by molar-refractivity contribution is -0.121. The second kappa shape index (κ2) is 11.3. The van der Waals surface area contributed by atoms with Gasteiger partial charge in [0.1, 0.15) is 11.5 Å². The van der Waals surface area contributed by atoms with Gasteiger partial charge in [-0.25, -0.2) is 4.98 Å². The van der Waals surface area contributed by atoms with E-state index in [-0.39, 0.29) is 24.8 Å². The molecule has 0 spiro atoms. The molecule has 0 radical (unpaired) electrons. The molecule has 7 nitrogen and oxygen atoms in total. The van der Waals surface area contributed by atoms with Crippen molar-refractivity contribution in [2.75, 3.05) is 11.9 Å². The molecule has 0 aliphatic heterocycles. The van der Waals surface area contributed by atoms with Crippen molar-refractivity contribution in [3.05, 3.63) is 101 Å². The Hall–Kier alpha value is -3.91. The Morgan fingerprint density at radius 2 is 1.91 bits per heavy atom. The summed E-state index contributed by atoms with van der Waals surface area (Å²) in [5.41, 5.74) is 3.40. The van der Waals surface area contributed by atoms with Gasteiger partial charge in [-0.3, -0.25) is 9.59 Å². The van der Waals surface area contributed by atoms with Gasteiger partial charge in [-0.1, -0.05) is 42.5 Å². The molecule has 0 saturated heterocycles. The van der Waals surface area contributed by atoms with Crippen molar-refractivity contribution in [3.8, 4) is 0 Å². The summed E-state index contributed by atoms with van der Waals surface area (Å²) in [6.45, 7) is 3.01. The summed E-state index contributed by atoms with van der Waals surface area (Å²) in [4.78, 5) is 31.9. The summed E-state index contributed by atoms with van der Waals surface area (Å²) in [6.07, 6.45) is 1.75. The van der Waals surface area contributed by atoms with Gasteiger partial charge in [0.15, 0.2) is 5.13 Å². The first-order valence-electron chi connectivity index (χ1n) is 11.0. The zero-order valence-electron chi connectivity index (χ0n) is 18.9. The number of furan rings is 1. The van der Waals surface area contributed by atoms with Crippen molar-refractivity contribution in [1.82, 2.24) is 15.2 Å². The van der Waals surface area contributed by atoms with Gasteiger partial charge < -0.3 is 20.0 Å². The molecule has 34 heavy (non-hydrogen) atoms. The van der Waals surface area contributed by atoms with E-state index in [0.29, 0.717) is 29.7 Å². The third-order valence-corrected chi connectivity index (χ3v) is 5.90. The summed E-state index contributed by atoms with van der Waals surface area (Å²) in [5, 5.41) is 8.47. The largest absolute Gasteiger partial charge is 0.467 e. The van der Waals surface area contributed by atoms with Gasteiger partial charge in [-0.2, -0.15) is 0 Å². The maximum absolute atomic E-state index is 13.3. The summed E-state index contributed by atoms with van der Waals surface area (Å²) >= 11 is 1.37. The fourth-order valence-corrected chi connectivity index (χ4v) is 4.12. The molecule has 0 aliphatic carbocycles. The van der Waals surface area contributed by atoms with Crippen LogP contribution in [-0.2, 0) is 17.9 Å². The third-order valence-electron chi connectivity index (χ3n) is 5.14. The van der Waals surface area contributed by atoms with Crippen molar-refractivity contribution in [1.29, 1.82) is 0 Å². The predicted octanol–water partition coefficient (Wildman–Crippen LogP) is 5.14. The molecule has 0 fully saturated rings. The molecule has 0 unspecified atom stereocenters. The van der Waals surface area contributed by atoms with Crippen molar-refractivity contribution in [2.24, 2.45) is 0 Å². The highest BCUT2D eigenvalue weighted by Crippen LogP contribution is 2.23. The second-order valence-corrected chi connectivity index (χ2v) is 8.71. The Labute approximate surface area is 202 Å². The monoisotopic (exact) mass is 474 g/mol. The van der Waals surface area contributed by atoms with Crippen LogP contribution in [-0.4, -0.2) is 28.2 Å². The van der Waals surface area contributed by atoms with Crippen molar-refractivity contribution < 1.29 is 14.0 Å². The Bertz CT molecular complexity index is 1220. The zero-order valence-corrected chi connectivity index (χ0v) is 19.7. The fourth-order valence-electron chi connectivity index (χ4n) is 3.42. The predicted molar refractivity (Wildman–Crippen MR) is 133 cm³/mol. The normalized spacial score (nSPS) is 10.6. The molecule has 2 aromatic carbocycles. The molecular weight excluding hydrogens is 448 g/mol. The molecule has 0 aliphatic rings.